The van der Waals surface area contributed by atoms with Gasteiger partial charge in [-0.25, -0.2) is 4.98 Å². The highest BCUT2D eigenvalue weighted by Crippen LogP contribution is 2.27. The Hall–Kier alpha value is -2.00. The molecule has 0 unspecified atom stereocenters. The number of aromatic nitrogens is 3. The van der Waals surface area contributed by atoms with E-state index in [0.29, 0.717) is 5.69 Å². The summed E-state index contributed by atoms with van der Waals surface area (Å²) in [6.07, 6.45) is 0. The molecular formula is C11H11N5S. The van der Waals surface area contributed by atoms with Crippen molar-refractivity contribution >= 4 is 17.4 Å². The molecule has 0 saturated carbocycles. The van der Waals surface area contributed by atoms with Crippen LogP contribution in [0.3, 0.4) is 0 Å². The van der Waals surface area contributed by atoms with Crippen LogP contribution in [0.25, 0.3) is 0 Å². The first kappa shape index (κ1) is 11.5. The highest BCUT2D eigenvalue weighted by atomic mass is 32.2. The van der Waals surface area contributed by atoms with Crippen molar-refractivity contribution in [2.75, 3.05) is 5.73 Å². The fourth-order valence-corrected chi connectivity index (χ4v) is 2.28. The van der Waals surface area contributed by atoms with Crippen LogP contribution < -0.4 is 5.73 Å². The highest BCUT2D eigenvalue weighted by molar-refractivity contribution is 7.99. The van der Waals surface area contributed by atoms with E-state index in [1.165, 1.54) is 11.8 Å². The third-order valence-corrected chi connectivity index (χ3v) is 3.20. The van der Waals surface area contributed by atoms with E-state index in [0.717, 1.165) is 15.7 Å². The van der Waals surface area contributed by atoms with Gasteiger partial charge in [-0.1, -0.05) is 11.8 Å². The molecule has 2 N–H and O–H groups in total. The van der Waals surface area contributed by atoms with Crippen molar-refractivity contribution in [2.45, 2.75) is 17.0 Å². The predicted molar refractivity (Wildman–Crippen MR) is 65.4 cm³/mol. The molecule has 2 aromatic rings. The molecule has 2 rings (SSSR count). The van der Waals surface area contributed by atoms with Crippen molar-refractivity contribution in [1.82, 2.24) is 14.8 Å². The number of nitrogen functional groups attached to an aromatic ring is 1. The zero-order valence-corrected chi connectivity index (χ0v) is 10.3. The molecular weight excluding hydrogens is 234 g/mol. The number of hydrogen-bond acceptors (Lipinski definition) is 5. The third kappa shape index (κ3) is 2.40. The first-order chi connectivity index (χ1) is 8.10. The van der Waals surface area contributed by atoms with Crippen molar-refractivity contribution in [3.8, 4) is 6.07 Å². The minimum Gasteiger partial charge on any atom is -0.396 e. The highest BCUT2D eigenvalue weighted by Gasteiger charge is 2.07. The molecule has 0 atom stereocenters. The number of pyridine rings is 1. The van der Waals surface area contributed by atoms with E-state index in [-0.39, 0.29) is 5.69 Å². The number of nitriles is 1. The monoisotopic (exact) mass is 245 g/mol. The second-order valence-electron chi connectivity index (χ2n) is 3.55. The van der Waals surface area contributed by atoms with E-state index in [1.807, 2.05) is 26.1 Å². The molecule has 0 aromatic carbocycles. The Balaban J connectivity index is 2.31. The molecule has 0 radical (unpaired) electrons. The van der Waals surface area contributed by atoms with Crippen LogP contribution in [-0.2, 0) is 7.05 Å². The molecule has 5 nitrogen and oxygen atoms in total. The van der Waals surface area contributed by atoms with Gasteiger partial charge in [0.05, 0.1) is 11.4 Å². The van der Waals surface area contributed by atoms with Gasteiger partial charge in [-0.15, -0.1) is 0 Å². The second-order valence-corrected chi connectivity index (χ2v) is 4.59. The zero-order chi connectivity index (χ0) is 12.4. The van der Waals surface area contributed by atoms with Gasteiger partial charge in [-0.3, -0.25) is 4.68 Å². The molecule has 86 valence electrons. The Morgan fingerprint density at radius 1 is 1.47 bits per heavy atom. The number of nitrogens with two attached hydrogens (primary N) is 1. The van der Waals surface area contributed by atoms with Gasteiger partial charge < -0.3 is 5.73 Å². The number of rotatable bonds is 2. The lowest BCUT2D eigenvalue weighted by Gasteiger charge is -2.02. The van der Waals surface area contributed by atoms with E-state index >= 15 is 0 Å². The van der Waals surface area contributed by atoms with Crippen molar-refractivity contribution in [1.29, 1.82) is 5.26 Å². The SMILES string of the molecule is Cc1cc(Sc2ccc(N)c(C#N)n2)n(C)n1. The smallest absolute Gasteiger partial charge is 0.164 e. The van der Waals surface area contributed by atoms with Gasteiger partial charge in [0, 0.05) is 7.05 Å². The molecule has 0 aliphatic carbocycles. The molecule has 0 saturated heterocycles. The lowest BCUT2D eigenvalue weighted by atomic mass is 10.3. The first-order valence-electron chi connectivity index (χ1n) is 4.95. The second kappa shape index (κ2) is 4.47. The van der Waals surface area contributed by atoms with Crippen LogP contribution in [0, 0.1) is 18.3 Å². The Labute approximate surface area is 103 Å². The maximum absolute atomic E-state index is 8.85. The first-order valence-corrected chi connectivity index (χ1v) is 5.77. The normalized spacial score (nSPS) is 10.2. The maximum atomic E-state index is 8.85. The molecule has 2 heterocycles. The quantitative estimate of drug-likeness (QED) is 0.871. The van der Waals surface area contributed by atoms with E-state index in [2.05, 4.69) is 10.1 Å². The van der Waals surface area contributed by atoms with E-state index in [1.54, 1.807) is 16.8 Å². The average molecular weight is 245 g/mol. The predicted octanol–water partition coefficient (Wildman–Crippen LogP) is 1.73. The van der Waals surface area contributed by atoms with Gasteiger partial charge in [0.1, 0.15) is 16.1 Å². The summed E-state index contributed by atoms with van der Waals surface area (Å²) in [6.45, 7) is 1.93. The molecule has 0 spiro atoms. The minimum atomic E-state index is 0.258. The van der Waals surface area contributed by atoms with Gasteiger partial charge in [0.25, 0.3) is 0 Å². The Bertz CT molecular complexity index is 596. The van der Waals surface area contributed by atoms with Crippen LogP contribution in [0.1, 0.15) is 11.4 Å². The third-order valence-electron chi connectivity index (χ3n) is 2.17. The summed E-state index contributed by atoms with van der Waals surface area (Å²) < 4.78 is 1.78. The average Bonchev–Trinajstić information content (AvgIpc) is 2.60. The molecule has 0 bridgehead atoms. The number of anilines is 1. The minimum absolute atomic E-state index is 0.258. The van der Waals surface area contributed by atoms with Crippen molar-refractivity contribution < 1.29 is 0 Å². The Morgan fingerprint density at radius 2 is 2.24 bits per heavy atom. The summed E-state index contributed by atoms with van der Waals surface area (Å²) in [5, 5.41) is 14.8. The van der Waals surface area contributed by atoms with Crippen LogP contribution in [0.15, 0.2) is 28.3 Å². The van der Waals surface area contributed by atoms with Crippen LogP contribution in [0.5, 0.6) is 0 Å². The number of aryl methyl sites for hydroxylation is 2. The summed E-state index contributed by atoms with van der Waals surface area (Å²) in [5.41, 5.74) is 7.22. The molecule has 6 heteroatoms. The van der Waals surface area contributed by atoms with Crippen molar-refractivity contribution in [3.63, 3.8) is 0 Å². The summed E-state index contributed by atoms with van der Waals surface area (Å²) in [6, 6.07) is 7.42. The van der Waals surface area contributed by atoms with Crippen molar-refractivity contribution in [3.05, 3.63) is 29.6 Å². The lowest BCUT2D eigenvalue weighted by Crippen LogP contribution is -1.96. The Morgan fingerprint density at radius 3 is 2.82 bits per heavy atom. The lowest BCUT2D eigenvalue weighted by molar-refractivity contribution is 0.692. The Kier molecular flexibility index (Phi) is 3.02. The molecule has 0 aliphatic heterocycles. The number of hydrogen-bond donors (Lipinski definition) is 1. The van der Waals surface area contributed by atoms with Crippen molar-refractivity contribution in [2.24, 2.45) is 7.05 Å². The van der Waals surface area contributed by atoms with Crippen LogP contribution in [-0.4, -0.2) is 14.8 Å². The number of nitrogens with zero attached hydrogens (tertiary/aromatic N) is 4. The molecule has 17 heavy (non-hydrogen) atoms. The van der Waals surface area contributed by atoms with Gasteiger partial charge in [0.15, 0.2) is 5.69 Å². The standard InChI is InChI=1S/C11H11N5S/c1-7-5-11(16(2)15-7)17-10-4-3-8(13)9(6-12)14-10/h3-5H,13H2,1-2H3. The fraction of sp³-hybridized carbons (Fsp3) is 0.182. The van der Waals surface area contributed by atoms with Gasteiger partial charge in [0.2, 0.25) is 0 Å². The largest absolute Gasteiger partial charge is 0.396 e. The summed E-state index contributed by atoms with van der Waals surface area (Å²) in [4.78, 5) is 4.17. The van der Waals surface area contributed by atoms with Gasteiger partial charge >= 0.3 is 0 Å². The van der Waals surface area contributed by atoms with E-state index in [9.17, 15) is 0 Å². The summed E-state index contributed by atoms with van der Waals surface area (Å²) in [7, 11) is 1.87. The van der Waals surface area contributed by atoms with E-state index < -0.39 is 0 Å². The van der Waals surface area contributed by atoms with Gasteiger partial charge in [-0.05, 0) is 25.1 Å². The molecule has 0 amide bonds. The molecule has 2 aromatic heterocycles. The molecule has 0 aliphatic rings. The van der Waals surface area contributed by atoms with Crippen LogP contribution in [0.4, 0.5) is 5.69 Å². The summed E-state index contributed by atoms with van der Waals surface area (Å²) >= 11 is 1.46. The summed E-state index contributed by atoms with van der Waals surface area (Å²) in [5.74, 6) is 0. The van der Waals surface area contributed by atoms with Crippen LogP contribution in [0.2, 0.25) is 0 Å². The zero-order valence-electron chi connectivity index (χ0n) is 9.51. The van der Waals surface area contributed by atoms with Gasteiger partial charge in [-0.2, -0.15) is 10.4 Å². The fourth-order valence-electron chi connectivity index (χ4n) is 1.39. The topological polar surface area (TPSA) is 80.5 Å². The van der Waals surface area contributed by atoms with Crippen LogP contribution >= 0.6 is 11.8 Å². The maximum Gasteiger partial charge on any atom is 0.164 e. The molecule has 0 fully saturated rings. The van der Waals surface area contributed by atoms with E-state index in [4.69, 9.17) is 11.0 Å².